The maximum absolute atomic E-state index is 12.7. The van der Waals surface area contributed by atoms with Crippen LogP contribution in [0.3, 0.4) is 0 Å². The van der Waals surface area contributed by atoms with Crippen molar-refractivity contribution in [2.45, 2.75) is 19.3 Å². The fourth-order valence-electron chi connectivity index (χ4n) is 1.84. The summed E-state index contributed by atoms with van der Waals surface area (Å²) >= 11 is 0. The molecule has 0 radical (unpaired) electrons. The molecule has 0 saturated carbocycles. The largest absolute Gasteiger partial charge is 0.473 e. The normalized spacial score (nSPS) is 12.6. The number of alkyl halides is 6. The van der Waals surface area contributed by atoms with E-state index < -0.39 is 18.0 Å². The average molecular weight is 381 g/mol. The van der Waals surface area contributed by atoms with Gasteiger partial charge in [0, 0.05) is 31.3 Å². The molecule has 0 aromatic carbocycles. The summed E-state index contributed by atoms with van der Waals surface area (Å²) in [4.78, 5) is 3.89. The van der Waals surface area contributed by atoms with Crippen molar-refractivity contribution in [1.82, 2.24) is 14.8 Å². The minimum atomic E-state index is -4.63. The maximum atomic E-state index is 12.7. The van der Waals surface area contributed by atoms with Crippen LogP contribution in [0.1, 0.15) is 11.3 Å². The lowest BCUT2D eigenvalue weighted by Gasteiger charge is -2.08. The minimum absolute atomic E-state index is 0.0223. The van der Waals surface area contributed by atoms with Gasteiger partial charge in [-0.2, -0.15) is 36.4 Å². The van der Waals surface area contributed by atoms with E-state index in [1.807, 2.05) is 0 Å². The number of hydrogen-bond acceptors (Lipinski definition) is 4. The molecule has 11 heteroatoms. The molecule has 2 rings (SSSR count). The molecule has 0 fully saturated rings. The number of allylic oxidation sites excluding steroid dienone is 1. The Morgan fingerprint density at radius 1 is 1.08 bits per heavy atom. The summed E-state index contributed by atoms with van der Waals surface area (Å²) in [5.41, 5.74) is -0.542. The number of ether oxygens (including phenoxy) is 2. The molecule has 0 N–H and O–H groups in total. The molecule has 0 aliphatic carbocycles. The molecular formula is C15H13F6N3O2. The van der Waals surface area contributed by atoms with Gasteiger partial charge in [0.05, 0.1) is 0 Å². The lowest BCUT2D eigenvalue weighted by atomic mass is 10.3. The van der Waals surface area contributed by atoms with Crippen molar-refractivity contribution in [3.05, 3.63) is 41.6 Å². The molecule has 0 aliphatic heterocycles. The first kappa shape index (κ1) is 19.6. The molecular weight excluding hydrogens is 368 g/mol. The van der Waals surface area contributed by atoms with Crippen molar-refractivity contribution in [1.29, 1.82) is 0 Å². The van der Waals surface area contributed by atoms with Crippen LogP contribution in [0.2, 0.25) is 0 Å². The Morgan fingerprint density at radius 2 is 1.73 bits per heavy atom. The third kappa shape index (κ3) is 5.67. The molecule has 0 spiro atoms. The zero-order chi connectivity index (χ0) is 19.5. The van der Waals surface area contributed by atoms with Crippen molar-refractivity contribution >= 4 is 0 Å². The third-order valence-electron chi connectivity index (χ3n) is 2.89. The van der Waals surface area contributed by atoms with E-state index >= 15 is 0 Å². The number of hydrogen-bond donors (Lipinski definition) is 0. The molecule has 0 bridgehead atoms. The maximum Gasteiger partial charge on any atom is 0.435 e. The molecule has 0 saturated heterocycles. The highest BCUT2D eigenvalue weighted by atomic mass is 19.4. The Bertz CT molecular complexity index is 796. The van der Waals surface area contributed by atoms with Gasteiger partial charge in [-0.15, -0.1) is 0 Å². The van der Waals surface area contributed by atoms with Crippen LogP contribution >= 0.6 is 0 Å². The van der Waals surface area contributed by atoms with Crippen molar-refractivity contribution in [3.63, 3.8) is 0 Å². The zero-order valence-corrected chi connectivity index (χ0v) is 13.5. The first-order valence-corrected chi connectivity index (χ1v) is 7.09. The van der Waals surface area contributed by atoms with Crippen molar-refractivity contribution in [2.75, 3.05) is 6.61 Å². The fourth-order valence-corrected chi connectivity index (χ4v) is 1.84. The van der Waals surface area contributed by atoms with Gasteiger partial charge in [0.1, 0.15) is 6.61 Å². The van der Waals surface area contributed by atoms with Gasteiger partial charge in [-0.05, 0) is 18.6 Å². The van der Waals surface area contributed by atoms with Crippen LogP contribution in [0.4, 0.5) is 26.3 Å². The first-order valence-electron chi connectivity index (χ1n) is 7.09. The van der Waals surface area contributed by atoms with Crippen LogP contribution in [0.25, 0.3) is 0 Å². The van der Waals surface area contributed by atoms with Crippen molar-refractivity contribution in [3.8, 4) is 17.6 Å². The zero-order valence-electron chi connectivity index (χ0n) is 13.5. The Hall–Kier alpha value is -2.72. The van der Waals surface area contributed by atoms with Gasteiger partial charge in [0.15, 0.2) is 5.69 Å². The minimum Gasteiger partial charge on any atom is -0.473 e. The number of aryl methyl sites for hydroxylation is 2. The standard InChI is InChI=1S/C15H13F6N3O2/c1-9-6-11(25-5-3-4-14(16,17)18)22-12(7-9)26-13-8-10(15(19,20)21)23-24(13)2/h3-4,6-8H,5H2,1-2H3/b4-3+. The molecule has 2 aromatic rings. The van der Waals surface area contributed by atoms with E-state index in [9.17, 15) is 26.3 Å². The van der Waals surface area contributed by atoms with Gasteiger partial charge in [0.2, 0.25) is 17.6 Å². The molecule has 0 amide bonds. The van der Waals surface area contributed by atoms with Gasteiger partial charge < -0.3 is 9.47 Å². The second-order valence-electron chi connectivity index (χ2n) is 5.17. The van der Waals surface area contributed by atoms with Crippen LogP contribution in [0.15, 0.2) is 30.4 Å². The topological polar surface area (TPSA) is 49.2 Å². The Labute approximate surface area is 143 Å². The molecule has 142 valence electrons. The predicted octanol–water partition coefficient (Wildman–Crippen LogP) is 4.43. The molecule has 0 unspecified atom stereocenters. The van der Waals surface area contributed by atoms with Gasteiger partial charge in [-0.25, -0.2) is 4.68 Å². The number of rotatable bonds is 5. The predicted molar refractivity (Wildman–Crippen MR) is 77.9 cm³/mol. The van der Waals surface area contributed by atoms with E-state index in [1.54, 1.807) is 6.92 Å². The highest BCUT2D eigenvalue weighted by Crippen LogP contribution is 2.32. The van der Waals surface area contributed by atoms with E-state index in [2.05, 4.69) is 10.1 Å². The lowest BCUT2D eigenvalue weighted by molar-refractivity contribution is -0.141. The number of nitrogens with zero attached hydrogens (tertiary/aromatic N) is 3. The van der Waals surface area contributed by atoms with Crippen molar-refractivity contribution in [2.24, 2.45) is 7.05 Å². The van der Waals surface area contributed by atoms with Crippen LogP contribution < -0.4 is 9.47 Å². The second-order valence-corrected chi connectivity index (χ2v) is 5.17. The van der Waals surface area contributed by atoms with Gasteiger partial charge >= 0.3 is 12.4 Å². The summed E-state index contributed by atoms with van der Waals surface area (Å²) in [5, 5.41) is 3.30. The molecule has 2 aromatic heterocycles. The van der Waals surface area contributed by atoms with Crippen LogP contribution in [-0.4, -0.2) is 27.5 Å². The Kier molecular flexibility index (Phi) is 5.47. The second kappa shape index (κ2) is 7.26. The quantitative estimate of drug-likeness (QED) is 0.568. The van der Waals surface area contributed by atoms with Gasteiger partial charge in [0.25, 0.3) is 0 Å². The SMILES string of the molecule is Cc1cc(OC/C=C/C(F)(F)F)nc(Oc2cc(C(F)(F)F)nn2C)c1. The summed E-state index contributed by atoms with van der Waals surface area (Å²) < 4.78 is 85.2. The lowest BCUT2D eigenvalue weighted by Crippen LogP contribution is -2.06. The van der Waals surface area contributed by atoms with E-state index in [0.717, 1.165) is 10.8 Å². The smallest absolute Gasteiger partial charge is 0.435 e. The number of halogens is 6. The van der Waals surface area contributed by atoms with E-state index in [0.29, 0.717) is 11.6 Å². The molecule has 0 aliphatic rings. The van der Waals surface area contributed by atoms with Crippen molar-refractivity contribution < 1.29 is 35.8 Å². The number of aromatic nitrogens is 3. The summed E-state index contributed by atoms with van der Waals surface area (Å²) in [7, 11) is 1.26. The average Bonchev–Trinajstić information content (AvgIpc) is 2.83. The molecule has 26 heavy (non-hydrogen) atoms. The van der Waals surface area contributed by atoms with E-state index in [1.165, 1.54) is 19.2 Å². The third-order valence-corrected chi connectivity index (χ3v) is 2.89. The van der Waals surface area contributed by atoms with Crippen LogP contribution in [-0.2, 0) is 13.2 Å². The first-order chi connectivity index (χ1) is 11.9. The Balaban J connectivity index is 2.12. The van der Waals surface area contributed by atoms with E-state index in [4.69, 9.17) is 9.47 Å². The summed E-state index contributed by atoms with van der Waals surface area (Å²) in [6.45, 7) is 1.25. The molecule has 2 heterocycles. The highest BCUT2D eigenvalue weighted by Gasteiger charge is 2.35. The van der Waals surface area contributed by atoms with Gasteiger partial charge in [-0.3, -0.25) is 0 Å². The summed E-state index contributed by atoms with van der Waals surface area (Å²) in [6.07, 6.45) is -8.29. The fraction of sp³-hybridized carbons (Fsp3) is 0.333. The number of pyridine rings is 1. The molecule has 5 nitrogen and oxygen atoms in total. The molecule has 0 atom stereocenters. The van der Waals surface area contributed by atoms with Crippen LogP contribution in [0.5, 0.6) is 17.6 Å². The summed E-state index contributed by atoms with van der Waals surface area (Å²) in [6, 6.07) is 3.58. The monoisotopic (exact) mass is 381 g/mol. The highest BCUT2D eigenvalue weighted by molar-refractivity contribution is 5.30. The Morgan fingerprint density at radius 3 is 2.31 bits per heavy atom. The summed E-state index contributed by atoms with van der Waals surface area (Å²) in [5.74, 6) is -0.333. The van der Waals surface area contributed by atoms with E-state index in [-0.39, 0.29) is 30.3 Å². The van der Waals surface area contributed by atoms with Gasteiger partial charge in [-0.1, -0.05) is 0 Å². The van der Waals surface area contributed by atoms with Crippen LogP contribution in [0, 0.1) is 6.92 Å².